The van der Waals surface area contributed by atoms with Crippen LogP contribution in [0, 0.1) is 0 Å². The normalized spacial score (nSPS) is 10.4. The SMILES string of the molecule is Nc1cc(CNCc2ccccc2)ccc1Br. The Morgan fingerprint density at radius 1 is 0.941 bits per heavy atom. The van der Waals surface area contributed by atoms with Crippen LogP contribution in [-0.4, -0.2) is 0 Å². The van der Waals surface area contributed by atoms with E-state index < -0.39 is 0 Å². The summed E-state index contributed by atoms with van der Waals surface area (Å²) in [5.41, 5.74) is 9.10. The zero-order valence-electron chi connectivity index (χ0n) is 9.49. The van der Waals surface area contributed by atoms with Gasteiger partial charge in [-0.15, -0.1) is 0 Å². The van der Waals surface area contributed by atoms with E-state index in [1.165, 1.54) is 11.1 Å². The summed E-state index contributed by atoms with van der Waals surface area (Å²) < 4.78 is 0.948. The molecule has 0 saturated heterocycles. The number of nitrogens with two attached hydrogens (primary N) is 1. The Balaban J connectivity index is 1.88. The third-order valence-corrected chi connectivity index (χ3v) is 3.28. The highest BCUT2D eigenvalue weighted by atomic mass is 79.9. The summed E-state index contributed by atoms with van der Waals surface area (Å²) in [6, 6.07) is 16.4. The zero-order valence-corrected chi connectivity index (χ0v) is 11.1. The minimum atomic E-state index is 0.781. The number of anilines is 1. The number of rotatable bonds is 4. The Morgan fingerprint density at radius 2 is 1.65 bits per heavy atom. The molecule has 0 aromatic heterocycles. The topological polar surface area (TPSA) is 38.0 Å². The van der Waals surface area contributed by atoms with Crippen molar-refractivity contribution in [3.05, 3.63) is 64.1 Å². The van der Waals surface area contributed by atoms with Crippen LogP contribution < -0.4 is 11.1 Å². The average Bonchev–Trinajstić information content (AvgIpc) is 2.35. The summed E-state index contributed by atoms with van der Waals surface area (Å²) in [5.74, 6) is 0. The molecule has 0 bridgehead atoms. The number of halogens is 1. The Morgan fingerprint density at radius 3 is 2.35 bits per heavy atom. The summed E-state index contributed by atoms with van der Waals surface area (Å²) in [5, 5.41) is 3.39. The van der Waals surface area contributed by atoms with Crippen molar-refractivity contribution in [3.8, 4) is 0 Å². The van der Waals surface area contributed by atoms with Crippen LogP contribution in [0.15, 0.2) is 53.0 Å². The maximum Gasteiger partial charge on any atom is 0.0461 e. The molecule has 0 radical (unpaired) electrons. The van der Waals surface area contributed by atoms with E-state index in [0.29, 0.717) is 0 Å². The lowest BCUT2D eigenvalue weighted by molar-refractivity contribution is 0.693. The molecular formula is C14H15BrN2. The lowest BCUT2D eigenvalue weighted by atomic mass is 10.2. The van der Waals surface area contributed by atoms with Gasteiger partial charge < -0.3 is 11.1 Å². The third-order valence-electron chi connectivity index (χ3n) is 2.56. The van der Waals surface area contributed by atoms with E-state index in [-0.39, 0.29) is 0 Å². The lowest BCUT2D eigenvalue weighted by Gasteiger charge is -2.06. The molecule has 0 amide bonds. The molecule has 2 aromatic carbocycles. The highest BCUT2D eigenvalue weighted by Gasteiger charge is 1.98. The number of nitrogen functional groups attached to an aromatic ring is 1. The minimum Gasteiger partial charge on any atom is -0.398 e. The maximum atomic E-state index is 5.83. The first kappa shape index (κ1) is 12.1. The van der Waals surface area contributed by atoms with Crippen molar-refractivity contribution in [1.82, 2.24) is 5.32 Å². The number of hydrogen-bond donors (Lipinski definition) is 2. The molecule has 88 valence electrons. The summed E-state index contributed by atoms with van der Waals surface area (Å²) in [4.78, 5) is 0. The molecule has 2 rings (SSSR count). The Bertz CT molecular complexity index is 483. The van der Waals surface area contributed by atoms with Gasteiger partial charge in [0.25, 0.3) is 0 Å². The van der Waals surface area contributed by atoms with Crippen LogP contribution in [-0.2, 0) is 13.1 Å². The van der Waals surface area contributed by atoms with E-state index in [1.54, 1.807) is 0 Å². The molecule has 0 unspecified atom stereocenters. The van der Waals surface area contributed by atoms with E-state index in [4.69, 9.17) is 5.73 Å². The average molecular weight is 291 g/mol. The fourth-order valence-corrected chi connectivity index (χ4v) is 1.90. The van der Waals surface area contributed by atoms with Gasteiger partial charge in [-0.25, -0.2) is 0 Å². The van der Waals surface area contributed by atoms with E-state index in [1.807, 2.05) is 18.2 Å². The van der Waals surface area contributed by atoms with Crippen LogP contribution in [0.5, 0.6) is 0 Å². The number of hydrogen-bond acceptors (Lipinski definition) is 2. The van der Waals surface area contributed by atoms with E-state index in [2.05, 4.69) is 51.6 Å². The molecule has 17 heavy (non-hydrogen) atoms. The van der Waals surface area contributed by atoms with Gasteiger partial charge in [-0.3, -0.25) is 0 Å². The van der Waals surface area contributed by atoms with Crippen molar-refractivity contribution in [1.29, 1.82) is 0 Å². The van der Waals surface area contributed by atoms with Gasteiger partial charge in [-0.2, -0.15) is 0 Å². The van der Waals surface area contributed by atoms with Crippen molar-refractivity contribution >= 4 is 21.6 Å². The first-order chi connectivity index (χ1) is 8.25. The molecule has 3 heteroatoms. The predicted molar refractivity (Wildman–Crippen MR) is 75.5 cm³/mol. The quantitative estimate of drug-likeness (QED) is 0.848. The molecule has 0 saturated carbocycles. The molecule has 0 aliphatic heterocycles. The molecule has 0 fully saturated rings. The van der Waals surface area contributed by atoms with Crippen LogP contribution in [0.3, 0.4) is 0 Å². The summed E-state index contributed by atoms with van der Waals surface area (Å²) in [6.07, 6.45) is 0. The first-order valence-corrected chi connectivity index (χ1v) is 6.33. The van der Waals surface area contributed by atoms with Gasteiger partial charge in [0.05, 0.1) is 0 Å². The standard InChI is InChI=1S/C14H15BrN2/c15-13-7-6-12(8-14(13)16)10-17-9-11-4-2-1-3-5-11/h1-8,17H,9-10,16H2. The highest BCUT2D eigenvalue weighted by molar-refractivity contribution is 9.10. The van der Waals surface area contributed by atoms with Crippen molar-refractivity contribution in [3.63, 3.8) is 0 Å². The summed E-state index contributed by atoms with van der Waals surface area (Å²) in [6.45, 7) is 1.70. The Labute approximate surface area is 110 Å². The van der Waals surface area contributed by atoms with Crippen LogP contribution in [0.2, 0.25) is 0 Å². The second-order valence-electron chi connectivity index (χ2n) is 3.95. The van der Waals surface area contributed by atoms with Gasteiger partial charge in [0.15, 0.2) is 0 Å². The lowest BCUT2D eigenvalue weighted by Crippen LogP contribution is -2.12. The molecular weight excluding hydrogens is 276 g/mol. The van der Waals surface area contributed by atoms with Crippen LogP contribution >= 0.6 is 15.9 Å². The largest absolute Gasteiger partial charge is 0.398 e. The second kappa shape index (κ2) is 5.84. The molecule has 0 atom stereocenters. The van der Waals surface area contributed by atoms with Gasteiger partial charge in [-0.1, -0.05) is 36.4 Å². The van der Waals surface area contributed by atoms with Gasteiger partial charge in [0.1, 0.15) is 0 Å². The monoisotopic (exact) mass is 290 g/mol. The summed E-state index contributed by atoms with van der Waals surface area (Å²) >= 11 is 3.39. The van der Waals surface area contributed by atoms with E-state index in [9.17, 15) is 0 Å². The Hall–Kier alpha value is -1.32. The molecule has 0 spiro atoms. The van der Waals surface area contributed by atoms with Gasteiger partial charge in [0.2, 0.25) is 0 Å². The zero-order chi connectivity index (χ0) is 12.1. The smallest absolute Gasteiger partial charge is 0.0461 e. The first-order valence-electron chi connectivity index (χ1n) is 5.54. The van der Waals surface area contributed by atoms with Gasteiger partial charge in [-0.05, 0) is 39.2 Å². The fourth-order valence-electron chi connectivity index (χ4n) is 1.65. The van der Waals surface area contributed by atoms with Gasteiger partial charge >= 0.3 is 0 Å². The third kappa shape index (κ3) is 3.58. The molecule has 2 nitrogen and oxygen atoms in total. The van der Waals surface area contributed by atoms with Crippen molar-refractivity contribution in [2.75, 3.05) is 5.73 Å². The second-order valence-corrected chi connectivity index (χ2v) is 4.80. The fraction of sp³-hybridized carbons (Fsp3) is 0.143. The molecule has 2 aromatic rings. The van der Waals surface area contributed by atoms with Crippen molar-refractivity contribution < 1.29 is 0 Å². The highest BCUT2D eigenvalue weighted by Crippen LogP contribution is 2.20. The molecule has 0 aliphatic carbocycles. The van der Waals surface area contributed by atoms with Crippen molar-refractivity contribution in [2.24, 2.45) is 0 Å². The van der Waals surface area contributed by atoms with E-state index in [0.717, 1.165) is 23.2 Å². The number of benzene rings is 2. The predicted octanol–water partition coefficient (Wildman–Crippen LogP) is 3.32. The summed E-state index contributed by atoms with van der Waals surface area (Å²) in [7, 11) is 0. The molecule has 3 N–H and O–H groups in total. The van der Waals surface area contributed by atoms with E-state index >= 15 is 0 Å². The number of nitrogens with one attached hydrogen (secondary N) is 1. The van der Waals surface area contributed by atoms with Crippen LogP contribution in [0.1, 0.15) is 11.1 Å². The Kier molecular flexibility index (Phi) is 4.18. The maximum absolute atomic E-state index is 5.83. The minimum absolute atomic E-state index is 0.781. The van der Waals surface area contributed by atoms with Gasteiger partial charge in [0, 0.05) is 23.2 Å². The van der Waals surface area contributed by atoms with Crippen molar-refractivity contribution in [2.45, 2.75) is 13.1 Å². The van der Waals surface area contributed by atoms with Crippen LogP contribution in [0.4, 0.5) is 5.69 Å². The van der Waals surface area contributed by atoms with Crippen LogP contribution in [0.25, 0.3) is 0 Å². The molecule has 0 aliphatic rings. The molecule has 0 heterocycles.